The number of rotatable bonds is 6. The summed E-state index contributed by atoms with van der Waals surface area (Å²) in [5, 5.41) is 0. The van der Waals surface area contributed by atoms with Crippen molar-refractivity contribution in [1.82, 2.24) is 4.31 Å². The van der Waals surface area contributed by atoms with E-state index in [0.717, 1.165) is 0 Å². The zero-order valence-electron chi connectivity index (χ0n) is 9.64. The van der Waals surface area contributed by atoms with Gasteiger partial charge in [0.1, 0.15) is 0 Å². The van der Waals surface area contributed by atoms with E-state index in [2.05, 4.69) is 45.0 Å². The average Bonchev–Trinajstić information content (AvgIpc) is 2.32. The van der Waals surface area contributed by atoms with Crippen molar-refractivity contribution in [1.29, 1.82) is 0 Å². The monoisotopic (exact) mass is 393 g/mol. The van der Waals surface area contributed by atoms with Gasteiger partial charge in [0.15, 0.2) is 0 Å². The Morgan fingerprint density at radius 2 is 1.72 bits per heavy atom. The molecule has 0 bridgehead atoms. The van der Waals surface area contributed by atoms with E-state index in [0.29, 0.717) is 8.95 Å². The summed E-state index contributed by atoms with van der Waals surface area (Å²) in [7, 11) is -3.56. The van der Waals surface area contributed by atoms with Crippen molar-refractivity contribution < 1.29 is 8.42 Å². The Morgan fingerprint density at radius 3 is 2.22 bits per heavy atom. The first-order valence-electron chi connectivity index (χ1n) is 5.10. The van der Waals surface area contributed by atoms with Crippen molar-refractivity contribution in [2.24, 2.45) is 0 Å². The Kier molecular flexibility index (Phi) is 5.78. The normalized spacial score (nSPS) is 11.5. The summed E-state index contributed by atoms with van der Waals surface area (Å²) in [5.74, 6) is 0. The lowest BCUT2D eigenvalue weighted by molar-refractivity contribution is 0.474. The molecule has 0 atom stereocenters. The standard InChI is InChI=1S/C12H13Br2NO2S/c1-3-7-15(8-4-2)18(16,17)12-9-10(13)5-6-11(12)14/h3-6,9H,1-2,7-8H2. The molecule has 0 aliphatic rings. The van der Waals surface area contributed by atoms with Crippen molar-refractivity contribution in [3.05, 3.63) is 52.5 Å². The maximum atomic E-state index is 12.5. The summed E-state index contributed by atoms with van der Waals surface area (Å²) in [6.07, 6.45) is 3.10. The van der Waals surface area contributed by atoms with Crippen molar-refractivity contribution in [3.63, 3.8) is 0 Å². The SMILES string of the molecule is C=CCN(CC=C)S(=O)(=O)c1cc(Br)ccc1Br. The second-order valence-electron chi connectivity index (χ2n) is 3.47. The van der Waals surface area contributed by atoms with Crippen LogP contribution in [0.15, 0.2) is 57.3 Å². The van der Waals surface area contributed by atoms with Crippen LogP contribution in [0.1, 0.15) is 0 Å². The molecule has 0 saturated heterocycles. The molecular weight excluding hydrogens is 382 g/mol. The minimum atomic E-state index is -3.56. The molecule has 0 fully saturated rings. The van der Waals surface area contributed by atoms with Gasteiger partial charge in [0, 0.05) is 22.0 Å². The molecule has 1 aromatic carbocycles. The number of hydrogen-bond donors (Lipinski definition) is 0. The molecule has 1 rings (SSSR count). The van der Waals surface area contributed by atoms with Crippen molar-refractivity contribution >= 4 is 41.9 Å². The molecule has 0 amide bonds. The van der Waals surface area contributed by atoms with E-state index < -0.39 is 10.0 Å². The van der Waals surface area contributed by atoms with Gasteiger partial charge in [0.25, 0.3) is 0 Å². The number of hydrogen-bond acceptors (Lipinski definition) is 2. The molecule has 0 radical (unpaired) electrons. The average molecular weight is 395 g/mol. The molecule has 0 aromatic heterocycles. The van der Waals surface area contributed by atoms with Crippen LogP contribution in [-0.2, 0) is 10.0 Å². The first-order chi connectivity index (χ1) is 8.43. The molecular formula is C12H13Br2NO2S. The summed E-state index contributed by atoms with van der Waals surface area (Å²) in [6, 6.07) is 5.03. The molecule has 0 aliphatic carbocycles. The Balaban J connectivity index is 3.29. The van der Waals surface area contributed by atoms with Gasteiger partial charge in [-0.15, -0.1) is 13.2 Å². The lowest BCUT2D eigenvalue weighted by atomic mass is 10.4. The van der Waals surface area contributed by atoms with Crippen LogP contribution in [0.25, 0.3) is 0 Å². The van der Waals surface area contributed by atoms with Gasteiger partial charge >= 0.3 is 0 Å². The van der Waals surface area contributed by atoms with Crippen molar-refractivity contribution in [2.75, 3.05) is 13.1 Å². The molecule has 6 heteroatoms. The van der Waals surface area contributed by atoms with Gasteiger partial charge in [-0.05, 0) is 34.1 Å². The third-order valence-corrected chi connectivity index (χ3v) is 5.50. The molecule has 3 nitrogen and oxygen atoms in total. The molecule has 98 valence electrons. The minimum absolute atomic E-state index is 0.223. The molecule has 0 aliphatic heterocycles. The second kappa shape index (κ2) is 6.65. The number of nitrogens with zero attached hydrogens (tertiary/aromatic N) is 1. The van der Waals surface area contributed by atoms with Gasteiger partial charge < -0.3 is 0 Å². The maximum absolute atomic E-state index is 12.5. The topological polar surface area (TPSA) is 37.4 Å². The van der Waals surface area contributed by atoms with Gasteiger partial charge in [-0.1, -0.05) is 28.1 Å². The highest BCUT2D eigenvalue weighted by Gasteiger charge is 2.24. The third kappa shape index (κ3) is 3.54. The van der Waals surface area contributed by atoms with Gasteiger partial charge in [0.05, 0.1) is 4.90 Å². The Bertz CT molecular complexity index is 545. The largest absolute Gasteiger partial charge is 0.244 e. The predicted molar refractivity (Wildman–Crippen MR) is 81.0 cm³/mol. The van der Waals surface area contributed by atoms with Gasteiger partial charge in [0.2, 0.25) is 10.0 Å². The van der Waals surface area contributed by atoms with Crippen LogP contribution in [0.5, 0.6) is 0 Å². The van der Waals surface area contributed by atoms with Crippen LogP contribution in [0.3, 0.4) is 0 Å². The van der Waals surface area contributed by atoms with Crippen LogP contribution < -0.4 is 0 Å². The zero-order valence-corrected chi connectivity index (χ0v) is 13.6. The van der Waals surface area contributed by atoms with Crippen LogP contribution in [0.4, 0.5) is 0 Å². The minimum Gasteiger partial charge on any atom is -0.207 e. The molecule has 0 unspecified atom stereocenters. The van der Waals surface area contributed by atoms with Crippen molar-refractivity contribution in [3.8, 4) is 0 Å². The molecule has 0 N–H and O–H groups in total. The van der Waals surface area contributed by atoms with E-state index in [-0.39, 0.29) is 18.0 Å². The lowest BCUT2D eigenvalue weighted by Crippen LogP contribution is -2.31. The molecule has 0 heterocycles. The van der Waals surface area contributed by atoms with Gasteiger partial charge in [-0.25, -0.2) is 8.42 Å². The molecule has 0 saturated carbocycles. The lowest BCUT2D eigenvalue weighted by Gasteiger charge is -2.19. The summed E-state index contributed by atoms with van der Waals surface area (Å²) >= 11 is 6.53. The molecule has 0 spiro atoms. The summed E-state index contributed by atoms with van der Waals surface area (Å²) in [4.78, 5) is 0.223. The first kappa shape index (κ1) is 15.6. The van der Waals surface area contributed by atoms with Crippen molar-refractivity contribution in [2.45, 2.75) is 4.90 Å². The number of benzene rings is 1. The van der Waals surface area contributed by atoms with Crippen LogP contribution >= 0.6 is 31.9 Å². The first-order valence-corrected chi connectivity index (χ1v) is 8.13. The zero-order chi connectivity index (χ0) is 13.8. The highest BCUT2D eigenvalue weighted by atomic mass is 79.9. The summed E-state index contributed by atoms with van der Waals surface area (Å²) in [6.45, 7) is 7.62. The number of sulfonamides is 1. The number of halogens is 2. The van der Waals surface area contributed by atoms with Gasteiger partial charge in [-0.3, -0.25) is 0 Å². The molecule has 18 heavy (non-hydrogen) atoms. The van der Waals surface area contributed by atoms with Gasteiger partial charge in [-0.2, -0.15) is 4.31 Å². The highest BCUT2D eigenvalue weighted by molar-refractivity contribution is 9.11. The maximum Gasteiger partial charge on any atom is 0.244 e. The van der Waals surface area contributed by atoms with E-state index in [4.69, 9.17) is 0 Å². The summed E-state index contributed by atoms with van der Waals surface area (Å²) in [5.41, 5.74) is 0. The molecule has 1 aromatic rings. The quantitative estimate of drug-likeness (QED) is 0.691. The fourth-order valence-electron chi connectivity index (χ4n) is 1.37. The second-order valence-corrected chi connectivity index (χ2v) is 7.15. The van der Waals surface area contributed by atoms with E-state index in [1.807, 2.05) is 0 Å². The van der Waals surface area contributed by atoms with E-state index in [9.17, 15) is 8.42 Å². The Hall–Kier alpha value is -0.430. The Labute approximate surface area is 124 Å². The van der Waals surface area contributed by atoms with Crippen LogP contribution in [0, 0.1) is 0 Å². The third-order valence-electron chi connectivity index (χ3n) is 2.18. The van der Waals surface area contributed by atoms with Crippen LogP contribution in [0.2, 0.25) is 0 Å². The van der Waals surface area contributed by atoms with E-state index in [1.54, 1.807) is 30.4 Å². The predicted octanol–water partition coefficient (Wildman–Crippen LogP) is 3.57. The fraction of sp³-hybridized carbons (Fsp3) is 0.167. The van der Waals surface area contributed by atoms with E-state index >= 15 is 0 Å². The Morgan fingerprint density at radius 1 is 1.17 bits per heavy atom. The van der Waals surface area contributed by atoms with Crippen LogP contribution in [-0.4, -0.2) is 25.8 Å². The smallest absolute Gasteiger partial charge is 0.207 e. The van der Waals surface area contributed by atoms with E-state index in [1.165, 1.54) is 4.31 Å². The summed E-state index contributed by atoms with van der Waals surface area (Å²) < 4.78 is 27.5. The highest BCUT2D eigenvalue weighted by Crippen LogP contribution is 2.28. The fourth-order valence-corrected chi connectivity index (χ4v) is 4.22.